The summed E-state index contributed by atoms with van der Waals surface area (Å²) in [6.07, 6.45) is 6.24. The number of nitrogens with one attached hydrogen (secondary N) is 4. The number of rotatable bonds is 10. The van der Waals surface area contributed by atoms with Gasteiger partial charge >= 0.3 is 11.8 Å². The van der Waals surface area contributed by atoms with Crippen LogP contribution in [-0.2, 0) is 20.7 Å². The van der Waals surface area contributed by atoms with Crippen LogP contribution in [0.4, 0.5) is 10.5 Å². The Kier molecular flexibility index (Phi) is 10.5. The Hall–Kier alpha value is -5.26. The minimum absolute atomic E-state index is 0.166. The number of pyridine rings is 1. The van der Waals surface area contributed by atoms with Crippen LogP contribution in [0, 0.1) is 11.8 Å². The van der Waals surface area contributed by atoms with E-state index in [0.717, 1.165) is 29.5 Å². The highest BCUT2D eigenvalue weighted by atomic mass is 16.6. The molecule has 0 aliphatic heterocycles. The van der Waals surface area contributed by atoms with Gasteiger partial charge in [0, 0.05) is 42.5 Å². The number of H-pyrrole nitrogens is 1. The third kappa shape index (κ3) is 9.62. The van der Waals surface area contributed by atoms with Gasteiger partial charge < -0.3 is 20.7 Å². The third-order valence-corrected chi connectivity index (χ3v) is 8.04. The van der Waals surface area contributed by atoms with Gasteiger partial charge in [-0.2, -0.15) is 0 Å². The fourth-order valence-electron chi connectivity index (χ4n) is 5.57. The average Bonchev–Trinajstić information content (AvgIpc) is 3.50. The number of aromatic nitrogens is 3. The van der Waals surface area contributed by atoms with Crippen LogP contribution in [0.15, 0.2) is 82.4 Å². The maximum Gasteiger partial charge on any atom is 0.439 e. The fraction of sp³-hybridized carbons (Fsp3) is 0.371. The summed E-state index contributed by atoms with van der Waals surface area (Å²) in [6, 6.07) is 17.7. The van der Waals surface area contributed by atoms with Crippen LogP contribution in [0.2, 0.25) is 0 Å². The second-order valence-electron chi connectivity index (χ2n) is 12.8. The number of hydrogen-bond donors (Lipinski definition) is 4. The Morgan fingerprint density at radius 2 is 1.66 bits per heavy atom. The van der Waals surface area contributed by atoms with Crippen molar-refractivity contribution in [1.82, 2.24) is 25.8 Å². The summed E-state index contributed by atoms with van der Waals surface area (Å²) >= 11 is 0. The van der Waals surface area contributed by atoms with Crippen molar-refractivity contribution in [3.8, 4) is 22.5 Å². The number of amides is 3. The highest BCUT2D eigenvalue weighted by molar-refractivity contribution is 5.97. The van der Waals surface area contributed by atoms with Gasteiger partial charge in [0.1, 0.15) is 11.6 Å². The van der Waals surface area contributed by atoms with Crippen molar-refractivity contribution in [3.63, 3.8) is 0 Å². The molecule has 2 aromatic heterocycles. The standard InChI is InChI=1S/C35H40N6O6/c1-35(2,3)46-33(44)37-20-23-8-12-26(13-9-23)31(42)39-29(19-22-6-10-24(11-7-22)27-5-4-18-36-21-27)32(43)38-28-16-14-25(15-17-28)30-40-34(45)47-41-30/h4-7,10-11,14-18,21,23,26,29H,8-9,12-13,19-20H2,1-3H3,(H,37,44)(H,38,43)(H,39,42)(H,40,41,45)/t23?,26?,29-/m0/s1. The van der Waals surface area contributed by atoms with E-state index in [-0.39, 0.29) is 35.9 Å². The van der Waals surface area contributed by atoms with Crippen LogP contribution in [0.5, 0.6) is 0 Å². The van der Waals surface area contributed by atoms with Gasteiger partial charge in [0.25, 0.3) is 0 Å². The Morgan fingerprint density at radius 1 is 0.957 bits per heavy atom. The summed E-state index contributed by atoms with van der Waals surface area (Å²) in [7, 11) is 0. The summed E-state index contributed by atoms with van der Waals surface area (Å²) in [6.45, 7) is 5.96. The van der Waals surface area contributed by atoms with Crippen LogP contribution in [0.3, 0.4) is 0 Å². The number of carbonyl (C=O) groups excluding carboxylic acids is 3. The number of alkyl carbamates (subject to hydrolysis) is 1. The summed E-state index contributed by atoms with van der Waals surface area (Å²) in [5, 5.41) is 12.5. The average molecular weight is 641 g/mol. The molecule has 4 N–H and O–H groups in total. The van der Waals surface area contributed by atoms with Gasteiger partial charge in [0.15, 0.2) is 5.82 Å². The largest absolute Gasteiger partial charge is 0.444 e. The third-order valence-electron chi connectivity index (χ3n) is 8.04. The van der Waals surface area contributed by atoms with Gasteiger partial charge in [-0.1, -0.05) is 35.5 Å². The Bertz CT molecular complexity index is 1700. The van der Waals surface area contributed by atoms with Crippen LogP contribution in [-0.4, -0.2) is 51.2 Å². The second-order valence-corrected chi connectivity index (χ2v) is 12.8. The minimum atomic E-state index is -0.829. The number of carbonyl (C=O) groups is 3. The Balaban J connectivity index is 1.23. The van der Waals surface area contributed by atoms with E-state index in [0.29, 0.717) is 30.6 Å². The molecule has 0 unspecified atom stereocenters. The van der Waals surface area contributed by atoms with Crippen LogP contribution in [0.1, 0.15) is 52.0 Å². The molecule has 4 aromatic rings. The maximum absolute atomic E-state index is 13.6. The van der Waals surface area contributed by atoms with E-state index in [4.69, 9.17) is 4.74 Å². The quantitative estimate of drug-likeness (QED) is 0.186. The van der Waals surface area contributed by atoms with E-state index in [2.05, 4.69) is 35.6 Å². The predicted octanol–water partition coefficient (Wildman–Crippen LogP) is 5.09. The normalized spacial score (nSPS) is 16.9. The maximum atomic E-state index is 13.6. The molecule has 1 fully saturated rings. The smallest absolute Gasteiger partial charge is 0.439 e. The number of benzene rings is 2. The molecule has 0 saturated heterocycles. The van der Waals surface area contributed by atoms with E-state index in [9.17, 15) is 19.2 Å². The highest BCUT2D eigenvalue weighted by Crippen LogP contribution is 2.29. The number of hydrogen-bond acceptors (Lipinski definition) is 8. The highest BCUT2D eigenvalue weighted by Gasteiger charge is 2.30. The van der Waals surface area contributed by atoms with Crippen LogP contribution < -0.4 is 21.7 Å². The molecular formula is C35H40N6O6. The van der Waals surface area contributed by atoms with Crippen molar-refractivity contribution in [2.45, 2.75) is 64.5 Å². The molecule has 12 nitrogen and oxygen atoms in total. The van der Waals surface area contributed by atoms with Crippen LogP contribution >= 0.6 is 0 Å². The summed E-state index contributed by atoms with van der Waals surface area (Å²) in [5.41, 5.74) is 3.45. The molecule has 1 aliphatic rings. The van der Waals surface area contributed by atoms with E-state index < -0.39 is 23.5 Å². The van der Waals surface area contributed by atoms with Gasteiger partial charge in [-0.05, 0) is 99.4 Å². The number of anilines is 1. The van der Waals surface area contributed by atoms with E-state index >= 15 is 0 Å². The molecule has 1 atom stereocenters. The first-order chi connectivity index (χ1) is 22.5. The van der Waals surface area contributed by atoms with E-state index in [1.807, 2.05) is 57.2 Å². The second kappa shape index (κ2) is 14.9. The first-order valence-electron chi connectivity index (χ1n) is 15.8. The first kappa shape index (κ1) is 33.1. The minimum Gasteiger partial charge on any atom is -0.444 e. The monoisotopic (exact) mass is 640 g/mol. The SMILES string of the molecule is CC(C)(C)OC(=O)NCC1CCC(C(=O)N[C@@H](Cc2ccc(-c3cccnc3)cc2)C(=O)Nc2ccc(-c3noc(=O)[nH]3)cc2)CC1. The summed E-state index contributed by atoms with van der Waals surface area (Å²) in [4.78, 5) is 57.2. The molecule has 0 bridgehead atoms. The number of aromatic amines is 1. The van der Waals surface area contributed by atoms with Gasteiger partial charge in [-0.15, -0.1) is 0 Å². The van der Waals surface area contributed by atoms with Crippen molar-refractivity contribution in [2.75, 3.05) is 11.9 Å². The Labute approximate surface area is 272 Å². The van der Waals surface area contributed by atoms with E-state index in [1.54, 1.807) is 36.7 Å². The molecule has 246 valence electrons. The lowest BCUT2D eigenvalue weighted by Crippen LogP contribution is -2.48. The first-order valence-corrected chi connectivity index (χ1v) is 15.8. The zero-order chi connectivity index (χ0) is 33.4. The van der Waals surface area contributed by atoms with Gasteiger partial charge in [0.05, 0.1) is 0 Å². The van der Waals surface area contributed by atoms with E-state index in [1.165, 1.54) is 0 Å². The fourth-order valence-corrected chi connectivity index (χ4v) is 5.57. The molecule has 2 aromatic carbocycles. The molecule has 0 spiro atoms. The summed E-state index contributed by atoms with van der Waals surface area (Å²) in [5.74, 6) is -0.881. The van der Waals surface area contributed by atoms with Crippen molar-refractivity contribution < 1.29 is 23.6 Å². The number of ether oxygens (including phenoxy) is 1. The zero-order valence-corrected chi connectivity index (χ0v) is 26.7. The molecule has 12 heteroatoms. The van der Waals surface area contributed by atoms with Crippen molar-refractivity contribution in [2.24, 2.45) is 11.8 Å². The lowest BCUT2D eigenvalue weighted by atomic mass is 9.81. The predicted molar refractivity (Wildman–Crippen MR) is 176 cm³/mol. The van der Waals surface area contributed by atoms with Crippen LogP contribution in [0.25, 0.3) is 22.5 Å². The van der Waals surface area contributed by atoms with Gasteiger partial charge in [-0.25, -0.2) is 9.59 Å². The molecule has 3 amide bonds. The molecule has 47 heavy (non-hydrogen) atoms. The molecule has 1 aliphatic carbocycles. The van der Waals surface area contributed by atoms with Gasteiger partial charge in [0.2, 0.25) is 11.8 Å². The van der Waals surface area contributed by atoms with Crippen molar-refractivity contribution >= 4 is 23.6 Å². The lowest BCUT2D eigenvalue weighted by molar-refractivity contribution is -0.130. The molecule has 5 rings (SSSR count). The number of nitrogens with zero attached hydrogens (tertiary/aromatic N) is 2. The molecule has 1 saturated carbocycles. The zero-order valence-electron chi connectivity index (χ0n) is 26.7. The topological polar surface area (TPSA) is 168 Å². The molecule has 0 radical (unpaired) electrons. The molecule has 2 heterocycles. The lowest BCUT2D eigenvalue weighted by Gasteiger charge is -2.29. The van der Waals surface area contributed by atoms with Crippen molar-refractivity contribution in [1.29, 1.82) is 0 Å². The van der Waals surface area contributed by atoms with Gasteiger partial charge in [-0.3, -0.25) is 24.1 Å². The molecular weight excluding hydrogens is 600 g/mol. The summed E-state index contributed by atoms with van der Waals surface area (Å²) < 4.78 is 9.90. The Morgan fingerprint density at radius 3 is 2.28 bits per heavy atom. The van der Waals surface area contributed by atoms with Crippen molar-refractivity contribution in [3.05, 3.63) is 89.2 Å².